The van der Waals surface area contributed by atoms with Gasteiger partial charge in [-0.1, -0.05) is 26.2 Å². The lowest BCUT2D eigenvalue weighted by Gasteiger charge is -2.34. The van der Waals surface area contributed by atoms with Crippen molar-refractivity contribution in [3.8, 4) is 0 Å². The van der Waals surface area contributed by atoms with Gasteiger partial charge in [0.1, 0.15) is 0 Å². The average molecular weight is 224 g/mol. The lowest BCUT2D eigenvalue weighted by Crippen LogP contribution is -2.46. The van der Waals surface area contributed by atoms with Crippen LogP contribution in [0.25, 0.3) is 0 Å². The van der Waals surface area contributed by atoms with Crippen LogP contribution in [0.1, 0.15) is 51.9 Å². The van der Waals surface area contributed by atoms with Crippen molar-refractivity contribution in [2.45, 2.75) is 64.0 Å². The van der Waals surface area contributed by atoms with E-state index >= 15 is 0 Å². The van der Waals surface area contributed by atoms with Crippen LogP contribution in [-0.4, -0.2) is 37.1 Å². The molecule has 16 heavy (non-hydrogen) atoms. The first-order valence-electron chi connectivity index (χ1n) is 7.25. The Morgan fingerprint density at radius 2 is 2.00 bits per heavy atom. The van der Waals surface area contributed by atoms with Gasteiger partial charge in [-0.3, -0.25) is 0 Å². The number of hydrogen-bond acceptors (Lipinski definition) is 2. The summed E-state index contributed by atoms with van der Waals surface area (Å²) in [5, 5.41) is 3.84. The van der Waals surface area contributed by atoms with E-state index in [1.54, 1.807) is 0 Å². The minimum absolute atomic E-state index is 0.798. The zero-order valence-corrected chi connectivity index (χ0v) is 11.0. The zero-order valence-electron chi connectivity index (χ0n) is 11.0. The Kier molecular flexibility index (Phi) is 4.66. The highest BCUT2D eigenvalue weighted by molar-refractivity contribution is 4.85. The molecule has 1 saturated heterocycles. The van der Waals surface area contributed by atoms with Crippen LogP contribution in [-0.2, 0) is 0 Å². The standard InChI is InChI=1S/C14H28N2/c1-3-12-7-6-9-14(12)15-11-13-8-4-5-10-16(13)2/h12-15H,3-11H2,1-2H3. The summed E-state index contributed by atoms with van der Waals surface area (Å²) in [6, 6.07) is 1.62. The van der Waals surface area contributed by atoms with Crippen LogP contribution in [0.3, 0.4) is 0 Å². The second-order valence-corrected chi connectivity index (χ2v) is 5.74. The molecule has 2 heteroatoms. The molecule has 2 rings (SSSR count). The summed E-state index contributed by atoms with van der Waals surface area (Å²) in [4.78, 5) is 2.55. The Labute approximate surface area is 101 Å². The molecule has 1 heterocycles. The number of rotatable bonds is 4. The van der Waals surface area contributed by atoms with Gasteiger partial charge in [0.05, 0.1) is 0 Å². The van der Waals surface area contributed by atoms with Gasteiger partial charge in [-0.05, 0) is 45.2 Å². The molecule has 0 bridgehead atoms. The Balaban J connectivity index is 1.73. The third-order valence-electron chi connectivity index (χ3n) is 4.72. The predicted molar refractivity (Wildman–Crippen MR) is 69.7 cm³/mol. The van der Waals surface area contributed by atoms with E-state index in [4.69, 9.17) is 0 Å². The van der Waals surface area contributed by atoms with Gasteiger partial charge in [-0.15, -0.1) is 0 Å². The van der Waals surface area contributed by atoms with Crippen LogP contribution in [0.2, 0.25) is 0 Å². The lowest BCUT2D eigenvalue weighted by molar-refractivity contribution is 0.174. The Bertz CT molecular complexity index is 203. The largest absolute Gasteiger partial charge is 0.312 e. The van der Waals surface area contributed by atoms with Gasteiger partial charge < -0.3 is 10.2 Å². The maximum atomic E-state index is 3.84. The van der Waals surface area contributed by atoms with Crippen molar-refractivity contribution in [2.24, 2.45) is 5.92 Å². The Hall–Kier alpha value is -0.0800. The Morgan fingerprint density at radius 1 is 1.12 bits per heavy atom. The molecule has 0 aromatic heterocycles. The fraction of sp³-hybridized carbons (Fsp3) is 1.00. The molecule has 1 saturated carbocycles. The zero-order chi connectivity index (χ0) is 11.4. The van der Waals surface area contributed by atoms with Crippen molar-refractivity contribution in [1.29, 1.82) is 0 Å². The third-order valence-corrected chi connectivity index (χ3v) is 4.72. The van der Waals surface area contributed by atoms with E-state index in [1.807, 2.05) is 0 Å². The smallest absolute Gasteiger partial charge is 0.0217 e. The summed E-state index contributed by atoms with van der Waals surface area (Å²) in [5.74, 6) is 0.953. The number of likely N-dealkylation sites (N-methyl/N-ethyl adjacent to an activating group) is 1. The monoisotopic (exact) mass is 224 g/mol. The normalized spacial score (nSPS) is 36.8. The maximum Gasteiger partial charge on any atom is 0.0217 e. The fourth-order valence-electron chi connectivity index (χ4n) is 3.48. The molecule has 0 aromatic carbocycles. The first-order valence-corrected chi connectivity index (χ1v) is 7.25. The molecule has 0 radical (unpaired) electrons. The van der Waals surface area contributed by atoms with E-state index in [0.717, 1.165) is 18.0 Å². The highest BCUT2D eigenvalue weighted by atomic mass is 15.2. The van der Waals surface area contributed by atoms with Crippen LogP contribution in [0.15, 0.2) is 0 Å². The van der Waals surface area contributed by atoms with E-state index in [-0.39, 0.29) is 0 Å². The maximum absolute atomic E-state index is 3.84. The molecule has 1 aliphatic carbocycles. The first kappa shape index (κ1) is 12.4. The van der Waals surface area contributed by atoms with Crippen molar-refractivity contribution in [3.63, 3.8) is 0 Å². The number of hydrogen-bond donors (Lipinski definition) is 1. The SMILES string of the molecule is CCC1CCCC1NCC1CCCCN1C. The molecule has 0 aromatic rings. The molecule has 3 atom stereocenters. The molecule has 1 N–H and O–H groups in total. The topological polar surface area (TPSA) is 15.3 Å². The summed E-state index contributed by atoms with van der Waals surface area (Å²) in [5.41, 5.74) is 0. The van der Waals surface area contributed by atoms with Crippen molar-refractivity contribution < 1.29 is 0 Å². The summed E-state index contributed by atoms with van der Waals surface area (Å²) in [6.45, 7) is 4.86. The van der Waals surface area contributed by atoms with E-state index < -0.39 is 0 Å². The van der Waals surface area contributed by atoms with E-state index in [2.05, 4.69) is 24.2 Å². The van der Waals surface area contributed by atoms with Crippen LogP contribution < -0.4 is 5.32 Å². The molecule has 2 aliphatic rings. The number of nitrogens with zero attached hydrogens (tertiary/aromatic N) is 1. The third kappa shape index (κ3) is 2.98. The molecule has 2 fully saturated rings. The van der Waals surface area contributed by atoms with Gasteiger partial charge in [0.15, 0.2) is 0 Å². The lowest BCUT2D eigenvalue weighted by atomic mass is 9.99. The summed E-state index contributed by atoms with van der Waals surface area (Å²) >= 11 is 0. The summed E-state index contributed by atoms with van der Waals surface area (Å²) in [6.07, 6.45) is 9.89. The van der Waals surface area contributed by atoms with Crippen LogP contribution in [0, 0.1) is 5.92 Å². The van der Waals surface area contributed by atoms with E-state index in [0.29, 0.717) is 0 Å². The molecule has 0 amide bonds. The van der Waals surface area contributed by atoms with E-state index in [9.17, 15) is 0 Å². The second kappa shape index (κ2) is 6.02. The van der Waals surface area contributed by atoms with Crippen molar-refractivity contribution in [3.05, 3.63) is 0 Å². The van der Waals surface area contributed by atoms with Gasteiger partial charge in [0, 0.05) is 18.6 Å². The molecule has 94 valence electrons. The fourth-order valence-corrected chi connectivity index (χ4v) is 3.48. The highest BCUT2D eigenvalue weighted by Gasteiger charge is 2.27. The Morgan fingerprint density at radius 3 is 2.75 bits per heavy atom. The molecular formula is C14H28N2. The van der Waals surface area contributed by atoms with Crippen LogP contribution in [0.5, 0.6) is 0 Å². The summed E-state index contributed by atoms with van der Waals surface area (Å²) in [7, 11) is 2.29. The minimum atomic E-state index is 0.798. The molecule has 0 spiro atoms. The highest BCUT2D eigenvalue weighted by Crippen LogP contribution is 2.28. The van der Waals surface area contributed by atoms with Crippen molar-refractivity contribution in [2.75, 3.05) is 20.1 Å². The molecular weight excluding hydrogens is 196 g/mol. The van der Waals surface area contributed by atoms with Gasteiger partial charge in [0.2, 0.25) is 0 Å². The quantitative estimate of drug-likeness (QED) is 0.790. The van der Waals surface area contributed by atoms with Crippen molar-refractivity contribution in [1.82, 2.24) is 10.2 Å². The van der Waals surface area contributed by atoms with Crippen LogP contribution in [0.4, 0.5) is 0 Å². The number of piperidine rings is 1. The number of nitrogens with one attached hydrogen (secondary N) is 1. The van der Waals surface area contributed by atoms with Gasteiger partial charge in [-0.25, -0.2) is 0 Å². The first-order chi connectivity index (χ1) is 7.81. The van der Waals surface area contributed by atoms with Gasteiger partial charge >= 0.3 is 0 Å². The van der Waals surface area contributed by atoms with Gasteiger partial charge in [0.25, 0.3) is 0 Å². The second-order valence-electron chi connectivity index (χ2n) is 5.74. The molecule has 2 nitrogen and oxygen atoms in total. The van der Waals surface area contributed by atoms with Crippen LogP contribution >= 0.6 is 0 Å². The summed E-state index contributed by atoms with van der Waals surface area (Å²) < 4.78 is 0. The van der Waals surface area contributed by atoms with E-state index in [1.165, 1.54) is 58.0 Å². The number of likely N-dealkylation sites (tertiary alicyclic amines) is 1. The minimum Gasteiger partial charge on any atom is -0.312 e. The average Bonchev–Trinajstić information content (AvgIpc) is 2.75. The predicted octanol–water partition coefficient (Wildman–Crippen LogP) is 2.64. The van der Waals surface area contributed by atoms with Gasteiger partial charge in [-0.2, -0.15) is 0 Å². The molecule has 1 aliphatic heterocycles. The molecule has 3 unspecified atom stereocenters. The van der Waals surface area contributed by atoms with Crippen molar-refractivity contribution >= 4 is 0 Å².